The van der Waals surface area contributed by atoms with Gasteiger partial charge in [-0.15, -0.1) is 12.6 Å². The average Bonchev–Trinajstić information content (AvgIpc) is 3.09. The number of nitrogens with zero attached hydrogens (tertiary/aromatic N) is 2. The van der Waals surface area contributed by atoms with Crippen molar-refractivity contribution in [1.82, 2.24) is 4.98 Å². The topological polar surface area (TPSA) is 106 Å². The molecule has 1 heterocycles. The molecule has 1 amide bonds. The minimum Gasteiger partial charge on any atom is -0.370 e. The number of aryl methyl sites for hydroxylation is 1. The number of hydrogen-bond donors (Lipinski definition) is 4. The Labute approximate surface area is 179 Å². The van der Waals surface area contributed by atoms with E-state index in [1.165, 1.54) is 23.8 Å². The van der Waals surface area contributed by atoms with Crippen LogP contribution < -0.4 is 16.8 Å². The summed E-state index contributed by atoms with van der Waals surface area (Å²) in [4.78, 5) is 22.1. The second-order valence-corrected chi connectivity index (χ2v) is 8.05. The normalized spacial score (nSPS) is 10.6. The monoisotopic (exact) mass is 425 g/mol. The second-order valence-electron chi connectivity index (χ2n) is 6.53. The van der Waals surface area contributed by atoms with Crippen LogP contribution >= 0.6 is 24.0 Å². The van der Waals surface area contributed by atoms with Crippen molar-refractivity contribution in [2.24, 2.45) is 16.5 Å². The molecule has 3 rings (SSSR count). The van der Waals surface area contributed by atoms with Gasteiger partial charge in [0.1, 0.15) is 0 Å². The first-order valence-corrected chi connectivity index (χ1v) is 10.4. The summed E-state index contributed by atoms with van der Waals surface area (Å²) in [7, 11) is 0. The molecule has 0 aliphatic heterocycles. The standard InChI is InChI=1S/C21H23N5OS2/c1-13(27)25-21-26-18(19(29-21)16-8-10-17(28)11-9-16)15-6-4-14(5-7-15)3-2-12-24-20(22)23/h4-11,28H,2-3,12H2,1H3,(H4,22,23,24)(H,25,26,27). The third-order valence-corrected chi connectivity index (χ3v) is 5.50. The summed E-state index contributed by atoms with van der Waals surface area (Å²) in [6.45, 7) is 2.09. The van der Waals surface area contributed by atoms with Crippen LogP contribution in [0.25, 0.3) is 21.7 Å². The number of anilines is 1. The maximum absolute atomic E-state index is 11.5. The van der Waals surface area contributed by atoms with Crippen molar-refractivity contribution in [3.8, 4) is 21.7 Å². The highest BCUT2D eigenvalue weighted by Crippen LogP contribution is 2.39. The van der Waals surface area contributed by atoms with Crippen molar-refractivity contribution < 1.29 is 4.79 Å². The summed E-state index contributed by atoms with van der Waals surface area (Å²) in [5, 5.41) is 3.37. The number of benzene rings is 2. The average molecular weight is 426 g/mol. The molecule has 5 N–H and O–H groups in total. The molecule has 1 aromatic heterocycles. The molecule has 150 valence electrons. The van der Waals surface area contributed by atoms with Crippen LogP contribution in [0.15, 0.2) is 58.4 Å². The van der Waals surface area contributed by atoms with Gasteiger partial charge in [0.05, 0.1) is 10.6 Å². The Bertz CT molecular complexity index is 1010. The smallest absolute Gasteiger partial charge is 0.223 e. The molecule has 0 radical (unpaired) electrons. The Morgan fingerprint density at radius 2 is 1.76 bits per heavy atom. The number of thiol groups is 1. The van der Waals surface area contributed by atoms with Gasteiger partial charge < -0.3 is 16.8 Å². The molecule has 0 aliphatic carbocycles. The maximum atomic E-state index is 11.5. The minimum absolute atomic E-state index is 0.123. The molecule has 0 bridgehead atoms. The summed E-state index contributed by atoms with van der Waals surface area (Å²) < 4.78 is 0. The number of carbonyl (C=O) groups is 1. The molecule has 8 heteroatoms. The van der Waals surface area contributed by atoms with E-state index in [-0.39, 0.29) is 11.9 Å². The summed E-state index contributed by atoms with van der Waals surface area (Å²) in [5.74, 6) is -0.0176. The Kier molecular flexibility index (Phi) is 6.90. The molecule has 3 aromatic rings. The van der Waals surface area contributed by atoms with Gasteiger partial charge in [-0.3, -0.25) is 9.79 Å². The third-order valence-electron chi connectivity index (χ3n) is 4.18. The Morgan fingerprint density at radius 3 is 2.38 bits per heavy atom. The first kappa shape index (κ1) is 20.9. The number of thiazole rings is 1. The van der Waals surface area contributed by atoms with E-state index in [9.17, 15) is 4.79 Å². The molecule has 0 unspecified atom stereocenters. The van der Waals surface area contributed by atoms with Crippen LogP contribution in [0.5, 0.6) is 0 Å². The van der Waals surface area contributed by atoms with Gasteiger partial charge in [0, 0.05) is 23.9 Å². The van der Waals surface area contributed by atoms with Gasteiger partial charge in [0.25, 0.3) is 0 Å². The number of rotatable bonds is 7. The third kappa shape index (κ3) is 5.82. The number of nitrogens with one attached hydrogen (secondary N) is 1. The Morgan fingerprint density at radius 1 is 1.10 bits per heavy atom. The highest BCUT2D eigenvalue weighted by atomic mass is 32.1. The van der Waals surface area contributed by atoms with E-state index < -0.39 is 0 Å². The number of nitrogens with two attached hydrogens (primary N) is 2. The van der Waals surface area contributed by atoms with E-state index in [0.717, 1.165) is 39.4 Å². The summed E-state index contributed by atoms with van der Waals surface area (Å²) in [6, 6.07) is 16.2. The van der Waals surface area contributed by atoms with Gasteiger partial charge in [-0.25, -0.2) is 4.98 Å². The molecule has 0 saturated carbocycles. The van der Waals surface area contributed by atoms with E-state index in [4.69, 9.17) is 11.5 Å². The fourth-order valence-electron chi connectivity index (χ4n) is 2.85. The van der Waals surface area contributed by atoms with Crippen molar-refractivity contribution in [2.75, 3.05) is 11.9 Å². The van der Waals surface area contributed by atoms with Crippen LogP contribution in [0.3, 0.4) is 0 Å². The lowest BCUT2D eigenvalue weighted by Crippen LogP contribution is -2.23. The van der Waals surface area contributed by atoms with E-state index in [2.05, 4.69) is 52.2 Å². The van der Waals surface area contributed by atoms with Crippen molar-refractivity contribution in [3.05, 3.63) is 54.1 Å². The van der Waals surface area contributed by atoms with Gasteiger partial charge in [-0.1, -0.05) is 47.7 Å². The lowest BCUT2D eigenvalue weighted by molar-refractivity contribution is -0.114. The molecule has 2 aromatic carbocycles. The van der Waals surface area contributed by atoms with Crippen molar-refractivity contribution in [1.29, 1.82) is 0 Å². The molecule has 0 aliphatic rings. The number of guanidine groups is 1. The molecule has 0 spiro atoms. The molecule has 29 heavy (non-hydrogen) atoms. The second kappa shape index (κ2) is 9.58. The Balaban J connectivity index is 1.86. The first-order chi connectivity index (χ1) is 13.9. The SMILES string of the molecule is CC(=O)Nc1nc(-c2ccc(CCCN=C(N)N)cc2)c(-c2ccc(S)cc2)s1. The lowest BCUT2D eigenvalue weighted by Gasteiger charge is -2.05. The summed E-state index contributed by atoms with van der Waals surface area (Å²) in [5.41, 5.74) is 14.8. The zero-order valence-electron chi connectivity index (χ0n) is 16.1. The number of hydrogen-bond acceptors (Lipinski definition) is 5. The lowest BCUT2D eigenvalue weighted by atomic mass is 10.0. The highest BCUT2D eigenvalue weighted by Gasteiger charge is 2.15. The van der Waals surface area contributed by atoms with E-state index in [1.54, 1.807) is 0 Å². The zero-order valence-corrected chi connectivity index (χ0v) is 17.8. The molecular formula is C21H23N5OS2. The van der Waals surface area contributed by atoms with Crippen molar-refractivity contribution in [3.63, 3.8) is 0 Å². The van der Waals surface area contributed by atoms with Crippen LogP contribution in [-0.2, 0) is 11.2 Å². The van der Waals surface area contributed by atoms with Gasteiger partial charge in [0.15, 0.2) is 11.1 Å². The van der Waals surface area contributed by atoms with Gasteiger partial charge in [-0.05, 0) is 36.1 Å². The predicted octanol–water partition coefficient (Wildman–Crippen LogP) is 3.93. The zero-order chi connectivity index (χ0) is 20.8. The van der Waals surface area contributed by atoms with Crippen LogP contribution in [0.1, 0.15) is 18.9 Å². The van der Waals surface area contributed by atoms with E-state index in [0.29, 0.717) is 11.7 Å². The summed E-state index contributed by atoms with van der Waals surface area (Å²) in [6.07, 6.45) is 1.77. The predicted molar refractivity (Wildman–Crippen MR) is 124 cm³/mol. The molecular weight excluding hydrogens is 402 g/mol. The van der Waals surface area contributed by atoms with Gasteiger partial charge in [0.2, 0.25) is 5.91 Å². The number of aliphatic imine (C=N–C) groups is 1. The molecule has 0 fully saturated rings. The fraction of sp³-hybridized carbons (Fsp3) is 0.190. The number of amides is 1. The molecule has 0 atom stereocenters. The fourth-order valence-corrected chi connectivity index (χ4v) is 4.04. The maximum Gasteiger partial charge on any atom is 0.223 e. The van der Waals surface area contributed by atoms with Crippen LogP contribution in [0.4, 0.5) is 5.13 Å². The molecule has 0 saturated heterocycles. The van der Waals surface area contributed by atoms with Crippen LogP contribution in [0.2, 0.25) is 0 Å². The quantitative estimate of drug-likeness (QED) is 0.199. The van der Waals surface area contributed by atoms with E-state index >= 15 is 0 Å². The van der Waals surface area contributed by atoms with Crippen LogP contribution in [0, 0.1) is 0 Å². The van der Waals surface area contributed by atoms with Gasteiger partial charge >= 0.3 is 0 Å². The molecule has 6 nitrogen and oxygen atoms in total. The summed E-state index contributed by atoms with van der Waals surface area (Å²) >= 11 is 5.82. The Hall–Kier alpha value is -2.84. The van der Waals surface area contributed by atoms with E-state index in [1.807, 2.05) is 24.3 Å². The largest absolute Gasteiger partial charge is 0.370 e. The number of aromatic nitrogens is 1. The van der Waals surface area contributed by atoms with Crippen LogP contribution in [-0.4, -0.2) is 23.4 Å². The van der Waals surface area contributed by atoms with Crippen molar-refractivity contribution >= 4 is 41.0 Å². The minimum atomic E-state index is -0.140. The number of carbonyl (C=O) groups excluding carboxylic acids is 1. The highest BCUT2D eigenvalue weighted by molar-refractivity contribution is 7.80. The first-order valence-electron chi connectivity index (χ1n) is 9.15. The van der Waals surface area contributed by atoms with Crippen molar-refractivity contribution in [2.45, 2.75) is 24.7 Å². The van der Waals surface area contributed by atoms with Gasteiger partial charge in [-0.2, -0.15) is 0 Å².